The molecule has 0 bridgehead atoms. The molecule has 3 rings (SSSR count). The summed E-state index contributed by atoms with van der Waals surface area (Å²) in [6.07, 6.45) is 1.93. The molecule has 0 aliphatic carbocycles. The van der Waals surface area contributed by atoms with Crippen molar-refractivity contribution in [3.05, 3.63) is 53.1 Å². The van der Waals surface area contributed by atoms with Crippen LogP contribution in [0.1, 0.15) is 0 Å². The molecule has 3 nitrogen and oxygen atoms in total. The molecule has 18 heavy (non-hydrogen) atoms. The Balaban J connectivity index is 2.28. The number of benzene rings is 1. The molecule has 0 aliphatic rings. The van der Waals surface area contributed by atoms with Crippen molar-refractivity contribution in [2.75, 3.05) is 7.11 Å². The van der Waals surface area contributed by atoms with E-state index in [0.29, 0.717) is 0 Å². The van der Waals surface area contributed by atoms with Crippen molar-refractivity contribution in [3.63, 3.8) is 0 Å². The molecule has 1 aromatic carbocycles. The van der Waals surface area contributed by atoms with Crippen molar-refractivity contribution >= 4 is 21.4 Å². The third kappa shape index (κ3) is 1.69. The van der Waals surface area contributed by atoms with Gasteiger partial charge in [0.1, 0.15) is 11.4 Å². The van der Waals surface area contributed by atoms with Gasteiger partial charge in [-0.25, -0.2) is 4.52 Å². The Morgan fingerprint density at radius 1 is 1.11 bits per heavy atom. The van der Waals surface area contributed by atoms with E-state index < -0.39 is 0 Å². The van der Waals surface area contributed by atoms with Gasteiger partial charge < -0.3 is 4.74 Å². The number of nitrogens with zero attached hydrogens (tertiary/aromatic N) is 2. The van der Waals surface area contributed by atoms with Gasteiger partial charge in [0.15, 0.2) is 0 Å². The molecule has 0 amide bonds. The molecule has 2 aromatic heterocycles. The van der Waals surface area contributed by atoms with E-state index in [9.17, 15) is 0 Å². The molecule has 90 valence electrons. The van der Waals surface area contributed by atoms with Crippen LogP contribution in [-0.2, 0) is 0 Å². The topological polar surface area (TPSA) is 26.5 Å². The second-order valence-corrected chi connectivity index (χ2v) is 4.69. The number of methoxy groups -OCH3 is 1. The molecule has 2 heterocycles. The molecule has 0 radical (unpaired) electrons. The first-order chi connectivity index (χ1) is 8.81. The first-order valence-electron chi connectivity index (χ1n) is 5.57. The molecule has 0 atom stereocenters. The van der Waals surface area contributed by atoms with E-state index >= 15 is 0 Å². The van der Waals surface area contributed by atoms with Crippen LogP contribution in [0.15, 0.2) is 53.1 Å². The van der Waals surface area contributed by atoms with Gasteiger partial charge in [0.2, 0.25) is 0 Å². The summed E-state index contributed by atoms with van der Waals surface area (Å²) < 4.78 is 8.21. The summed E-state index contributed by atoms with van der Waals surface area (Å²) in [6, 6.07) is 13.8. The largest absolute Gasteiger partial charge is 0.496 e. The van der Waals surface area contributed by atoms with E-state index in [1.807, 2.05) is 53.2 Å². The Hall–Kier alpha value is -1.81. The first kappa shape index (κ1) is 11.3. The average Bonchev–Trinajstić information content (AvgIpc) is 2.76. The van der Waals surface area contributed by atoms with Gasteiger partial charge in [-0.3, -0.25) is 0 Å². The number of fused-ring (bicyclic) bond motifs is 1. The van der Waals surface area contributed by atoms with E-state index in [4.69, 9.17) is 4.74 Å². The SMILES string of the molecule is COc1ccccc1-c1nn2ccccc2c1Br. The number of hydrogen-bond acceptors (Lipinski definition) is 2. The van der Waals surface area contributed by atoms with Gasteiger partial charge in [-0.2, -0.15) is 5.10 Å². The zero-order valence-electron chi connectivity index (χ0n) is 9.80. The molecule has 0 fully saturated rings. The maximum atomic E-state index is 5.38. The second-order valence-electron chi connectivity index (χ2n) is 3.89. The molecule has 0 aliphatic heterocycles. The van der Waals surface area contributed by atoms with Crippen LogP contribution in [0.25, 0.3) is 16.8 Å². The molecule has 0 N–H and O–H groups in total. The molecular formula is C14H11BrN2O. The van der Waals surface area contributed by atoms with Gasteiger partial charge in [-0.15, -0.1) is 0 Å². The molecule has 0 saturated heterocycles. The van der Waals surface area contributed by atoms with Crippen LogP contribution in [0, 0.1) is 0 Å². The van der Waals surface area contributed by atoms with Crippen molar-refractivity contribution in [2.45, 2.75) is 0 Å². The molecule has 0 unspecified atom stereocenters. The lowest BCUT2D eigenvalue weighted by atomic mass is 10.1. The lowest BCUT2D eigenvalue weighted by molar-refractivity contribution is 0.416. The van der Waals surface area contributed by atoms with Crippen molar-refractivity contribution in [2.24, 2.45) is 0 Å². The highest BCUT2D eigenvalue weighted by atomic mass is 79.9. The molecule has 0 saturated carbocycles. The smallest absolute Gasteiger partial charge is 0.128 e. The Bertz CT molecular complexity index is 706. The minimum absolute atomic E-state index is 0.821. The van der Waals surface area contributed by atoms with Crippen LogP contribution in [0.2, 0.25) is 0 Å². The van der Waals surface area contributed by atoms with Crippen LogP contribution in [0.3, 0.4) is 0 Å². The summed E-state index contributed by atoms with van der Waals surface area (Å²) in [7, 11) is 1.67. The lowest BCUT2D eigenvalue weighted by Crippen LogP contribution is -1.89. The summed E-state index contributed by atoms with van der Waals surface area (Å²) >= 11 is 3.61. The number of halogens is 1. The summed E-state index contributed by atoms with van der Waals surface area (Å²) in [5, 5.41) is 4.58. The molecule has 0 spiro atoms. The predicted octanol–water partition coefficient (Wildman–Crippen LogP) is 3.77. The van der Waals surface area contributed by atoms with Gasteiger partial charge in [0.05, 0.1) is 17.1 Å². The molecule has 3 aromatic rings. The summed E-state index contributed by atoms with van der Waals surface area (Å²) in [5.74, 6) is 0.821. The lowest BCUT2D eigenvalue weighted by Gasteiger charge is -2.05. The van der Waals surface area contributed by atoms with Gasteiger partial charge >= 0.3 is 0 Å². The average molecular weight is 303 g/mol. The third-order valence-electron chi connectivity index (χ3n) is 2.84. The van der Waals surface area contributed by atoms with E-state index in [2.05, 4.69) is 21.0 Å². The predicted molar refractivity (Wildman–Crippen MR) is 74.9 cm³/mol. The number of para-hydroxylation sites is 1. The maximum absolute atomic E-state index is 5.38. The van der Waals surface area contributed by atoms with E-state index in [0.717, 1.165) is 27.0 Å². The van der Waals surface area contributed by atoms with Crippen molar-refractivity contribution in [1.82, 2.24) is 9.61 Å². The van der Waals surface area contributed by atoms with Crippen LogP contribution in [0.5, 0.6) is 5.75 Å². The van der Waals surface area contributed by atoms with Crippen LogP contribution >= 0.6 is 15.9 Å². The minimum atomic E-state index is 0.821. The first-order valence-corrected chi connectivity index (χ1v) is 6.37. The van der Waals surface area contributed by atoms with Crippen LogP contribution < -0.4 is 4.74 Å². The standard InChI is InChI=1S/C14H11BrN2O/c1-18-12-8-3-2-6-10(12)14-13(15)11-7-4-5-9-17(11)16-14/h2-9H,1H3. The third-order valence-corrected chi connectivity index (χ3v) is 3.62. The quantitative estimate of drug-likeness (QED) is 0.720. The maximum Gasteiger partial charge on any atom is 0.128 e. The van der Waals surface area contributed by atoms with Crippen molar-refractivity contribution in [1.29, 1.82) is 0 Å². The summed E-state index contributed by atoms with van der Waals surface area (Å²) in [6.45, 7) is 0. The normalized spacial score (nSPS) is 10.8. The Kier molecular flexibility index (Phi) is 2.80. The fourth-order valence-electron chi connectivity index (χ4n) is 1.98. The molecule has 4 heteroatoms. The van der Waals surface area contributed by atoms with E-state index in [1.54, 1.807) is 7.11 Å². The monoisotopic (exact) mass is 302 g/mol. The van der Waals surface area contributed by atoms with Gasteiger partial charge in [0, 0.05) is 11.8 Å². The fraction of sp³-hybridized carbons (Fsp3) is 0.0714. The number of hydrogen-bond donors (Lipinski definition) is 0. The zero-order valence-corrected chi connectivity index (χ0v) is 11.4. The van der Waals surface area contributed by atoms with Crippen LogP contribution in [-0.4, -0.2) is 16.7 Å². The van der Waals surface area contributed by atoms with Gasteiger partial charge in [-0.1, -0.05) is 18.2 Å². The number of ether oxygens (including phenoxy) is 1. The van der Waals surface area contributed by atoms with Crippen molar-refractivity contribution < 1.29 is 4.74 Å². The zero-order chi connectivity index (χ0) is 12.5. The van der Waals surface area contributed by atoms with Crippen molar-refractivity contribution in [3.8, 4) is 17.0 Å². The number of rotatable bonds is 2. The number of pyridine rings is 1. The minimum Gasteiger partial charge on any atom is -0.496 e. The molecular weight excluding hydrogens is 292 g/mol. The highest BCUT2D eigenvalue weighted by Gasteiger charge is 2.14. The van der Waals surface area contributed by atoms with E-state index in [-0.39, 0.29) is 0 Å². The van der Waals surface area contributed by atoms with Gasteiger partial charge in [0.25, 0.3) is 0 Å². The van der Waals surface area contributed by atoms with Crippen LogP contribution in [0.4, 0.5) is 0 Å². The van der Waals surface area contributed by atoms with E-state index in [1.165, 1.54) is 0 Å². The van der Waals surface area contributed by atoms with Gasteiger partial charge in [-0.05, 0) is 40.2 Å². The summed E-state index contributed by atoms with van der Waals surface area (Å²) in [4.78, 5) is 0. The Morgan fingerprint density at radius 2 is 1.89 bits per heavy atom. The Morgan fingerprint density at radius 3 is 2.67 bits per heavy atom. The fourth-order valence-corrected chi connectivity index (χ4v) is 2.59. The highest BCUT2D eigenvalue weighted by Crippen LogP contribution is 2.35. The summed E-state index contributed by atoms with van der Waals surface area (Å²) in [5.41, 5.74) is 2.91. The second kappa shape index (κ2) is 4.46. The Labute approximate surface area is 113 Å². The highest BCUT2D eigenvalue weighted by molar-refractivity contribution is 9.10. The number of aromatic nitrogens is 2.